The molecular formula is C27H28N4O5. The number of nitrogens with one attached hydrogen (secondary N) is 1. The van der Waals surface area contributed by atoms with E-state index in [0.29, 0.717) is 42.2 Å². The van der Waals surface area contributed by atoms with Crippen LogP contribution < -0.4 is 15.6 Å². The maximum absolute atomic E-state index is 13.2. The van der Waals surface area contributed by atoms with E-state index in [1.165, 1.54) is 6.07 Å². The minimum absolute atomic E-state index is 0.127. The number of aromatic carboxylic acids is 1. The molecule has 1 fully saturated rings. The molecule has 0 saturated carbocycles. The highest BCUT2D eigenvalue weighted by Crippen LogP contribution is 2.32. The minimum atomic E-state index is -1.01. The molecule has 0 radical (unpaired) electrons. The largest absolute Gasteiger partial charge is 0.478 e. The molecule has 2 aromatic heterocycles. The number of benzene rings is 2. The maximum Gasteiger partial charge on any atom is 0.337 e. The van der Waals surface area contributed by atoms with Crippen LogP contribution in [0.3, 0.4) is 0 Å². The number of fused-ring (bicyclic) bond motifs is 1. The highest BCUT2D eigenvalue weighted by molar-refractivity contribution is 5.94. The van der Waals surface area contributed by atoms with Crippen molar-refractivity contribution in [3.63, 3.8) is 0 Å². The number of aromatic nitrogens is 2. The van der Waals surface area contributed by atoms with E-state index in [1.807, 2.05) is 44.0 Å². The van der Waals surface area contributed by atoms with Crippen LogP contribution in [0.5, 0.6) is 0 Å². The Labute approximate surface area is 207 Å². The van der Waals surface area contributed by atoms with Gasteiger partial charge in [0.15, 0.2) is 11.3 Å². The topological polar surface area (TPSA) is 110 Å². The lowest BCUT2D eigenvalue weighted by atomic mass is 10.0. The fourth-order valence-electron chi connectivity index (χ4n) is 4.73. The summed E-state index contributed by atoms with van der Waals surface area (Å²) in [4.78, 5) is 26.9. The van der Waals surface area contributed by atoms with E-state index in [1.54, 1.807) is 35.1 Å². The Balaban J connectivity index is 1.52. The van der Waals surface area contributed by atoms with Crippen LogP contribution in [-0.2, 0) is 11.8 Å². The number of aryl methyl sites for hydroxylation is 2. The Morgan fingerprint density at radius 1 is 1.22 bits per heavy atom. The molecule has 0 spiro atoms. The van der Waals surface area contributed by atoms with Crippen LogP contribution in [0.25, 0.3) is 11.0 Å². The van der Waals surface area contributed by atoms with Gasteiger partial charge in [-0.05, 0) is 43.7 Å². The third kappa shape index (κ3) is 4.45. The normalized spacial score (nSPS) is 16.8. The van der Waals surface area contributed by atoms with Crippen molar-refractivity contribution in [3.8, 4) is 0 Å². The van der Waals surface area contributed by atoms with Crippen molar-refractivity contribution < 1.29 is 19.1 Å². The predicted molar refractivity (Wildman–Crippen MR) is 137 cm³/mol. The zero-order valence-electron chi connectivity index (χ0n) is 20.4. The summed E-state index contributed by atoms with van der Waals surface area (Å²) in [7, 11) is 1.87. The van der Waals surface area contributed by atoms with Gasteiger partial charge in [-0.25, -0.2) is 4.79 Å². The fraction of sp³-hybridized carbons (Fsp3) is 0.296. The number of carboxylic acid groups (broad SMARTS) is 1. The molecule has 9 heteroatoms. The molecule has 0 unspecified atom stereocenters. The first kappa shape index (κ1) is 23.6. The number of carbonyl (C=O) groups is 1. The van der Waals surface area contributed by atoms with E-state index in [9.17, 15) is 14.7 Å². The van der Waals surface area contributed by atoms with Gasteiger partial charge in [0.2, 0.25) is 0 Å². The molecule has 1 aliphatic rings. The molecule has 0 amide bonds. The molecule has 36 heavy (non-hydrogen) atoms. The molecule has 186 valence electrons. The van der Waals surface area contributed by atoms with Crippen LogP contribution >= 0.6 is 0 Å². The Bertz CT molecular complexity index is 1490. The summed E-state index contributed by atoms with van der Waals surface area (Å²) in [5, 5.41) is 17.6. The van der Waals surface area contributed by atoms with E-state index in [4.69, 9.17) is 9.15 Å². The lowest BCUT2D eigenvalue weighted by molar-refractivity contribution is 0.0332. The molecule has 0 aliphatic carbocycles. The van der Waals surface area contributed by atoms with Crippen molar-refractivity contribution in [1.82, 2.24) is 9.78 Å². The molecule has 2 aromatic carbocycles. The summed E-state index contributed by atoms with van der Waals surface area (Å²) < 4.78 is 14.1. The van der Waals surface area contributed by atoms with Crippen molar-refractivity contribution >= 4 is 28.5 Å². The molecule has 3 heterocycles. The number of anilines is 2. The summed E-state index contributed by atoms with van der Waals surface area (Å²) in [5.41, 5.74) is 3.68. The minimum Gasteiger partial charge on any atom is -0.478 e. The van der Waals surface area contributed by atoms with Crippen LogP contribution in [0.2, 0.25) is 0 Å². The van der Waals surface area contributed by atoms with Gasteiger partial charge < -0.3 is 24.5 Å². The average Bonchev–Trinajstić information content (AvgIpc) is 3.30. The summed E-state index contributed by atoms with van der Waals surface area (Å²) >= 11 is 0. The van der Waals surface area contributed by atoms with Crippen LogP contribution in [-0.4, -0.2) is 40.6 Å². The van der Waals surface area contributed by atoms with Gasteiger partial charge in [0.05, 0.1) is 35.8 Å². The van der Waals surface area contributed by atoms with Gasteiger partial charge in [0.1, 0.15) is 11.7 Å². The van der Waals surface area contributed by atoms with Gasteiger partial charge in [-0.3, -0.25) is 9.48 Å². The highest BCUT2D eigenvalue weighted by atomic mass is 16.5. The molecule has 1 aliphatic heterocycles. The number of morpholine rings is 1. The predicted octanol–water partition coefficient (Wildman–Crippen LogP) is 4.28. The van der Waals surface area contributed by atoms with Crippen LogP contribution in [0.15, 0.2) is 63.9 Å². The number of hydrogen-bond donors (Lipinski definition) is 2. The lowest BCUT2D eigenvalue weighted by Crippen LogP contribution is -2.39. The maximum atomic E-state index is 13.2. The summed E-state index contributed by atoms with van der Waals surface area (Å²) in [5.74, 6) is -0.533. The number of nitrogens with zero attached hydrogens (tertiary/aromatic N) is 3. The summed E-state index contributed by atoms with van der Waals surface area (Å²) in [6.07, 6.45) is 1.54. The Hall–Kier alpha value is -4.11. The third-order valence-electron chi connectivity index (χ3n) is 6.55. The van der Waals surface area contributed by atoms with E-state index < -0.39 is 5.97 Å². The molecule has 4 aromatic rings. The summed E-state index contributed by atoms with van der Waals surface area (Å²) in [6.45, 7) is 5.45. The van der Waals surface area contributed by atoms with Gasteiger partial charge >= 0.3 is 5.97 Å². The highest BCUT2D eigenvalue weighted by Gasteiger charge is 2.27. The number of rotatable bonds is 6. The van der Waals surface area contributed by atoms with E-state index >= 15 is 0 Å². The monoisotopic (exact) mass is 488 g/mol. The smallest absolute Gasteiger partial charge is 0.337 e. The van der Waals surface area contributed by atoms with E-state index in [-0.39, 0.29) is 23.1 Å². The first-order valence-corrected chi connectivity index (χ1v) is 11.8. The number of para-hydroxylation sites is 1. The Kier molecular flexibility index (Phi) is 6.24. The second-order valence-electron chi connectivity index (χ2n) is 9.08. The van der Waals surface area contributed by atoms with Crippen molar-refractivity contribution in [2.24, 2.45) is 7.05 Å². The van der Waals surface area contributed by atoms with Crippen LogP contribution in [0, 0.1) is 6.92 Å². The van der Waals surface area contributed by atoms with Crippen molar-refractivity contribution in [1.29, 1.82) is 0 Å². The van der Waals surface area contributed by atoms with Crippen molar-refractivity contribution in [2.75, 3.05) is 29.9 Å². The number of ether oxygens (including phenoxy) is 1. The fourth-order valence-corrected chi connectivity index (χ4v) is 4.73. The molecule has 2 N–H and O–H groups in total. The van der Waals surface area contributed by atoms with Gasteiger partial charge in [-0.1, -0.05) is 18.2 Å². The Morgan fingerprint density at radius 3 is 2.78 bits per heavy atom. The van der Waals surface area contributed by atoms with Crippen LogP contribution in [0.1, 0.15) is 46.2 Å². The molecule has 9 nitrogen and oxygen atoms in total. The zero-order valence-corrected chi connectivity index (χ0v) is 20.4. The molecule has 1 saturated heterocycles. The van der Waals surface area contributed by atoms with E-state index in [2.05, 4.69) is 10.4 Å². The SMILES string of the molecule is Cc1cc([C@@H](C)Nc2ccccc2C(=O)O)c2oc(N3CCO[C@@H](c4ccnn4C)C3)cc(=O)c2c1. The standard InChI is InChI=1S/C27H28N4O5/c1-16-12-19(17(2)29-21-7-5-4-6-18(21)27(33)34)26-20(13-16)23(32)14-25(36-26)31-10-11-35-24(15-31)22-8-9-28-30(22)3/h4-9,12-14,17,24,29H,10-11,15H2,1-3H3,(H,33,34)/t17-,24-/m1/s1. The zero-order chi connectivity index (χ0) is 25.4. The first-order valence-electron chi connectivity index (χ1n) is 11.8. The first-order chi connectivity index (χ1) is 17.3. The molecule has 2 atom stereocenters. The molecule has 5 rings (SSSR count). The lowest BCUT2D eigenvalue weighted by Gasteiger charge is -2.33. The average molecular weight is 489 g/mol. The third-order valence-corrected chi connectivity index (χ3v) is 6.55. The number of carboxylic acids is 1. The van der Waals surface area contributed by atoms with Gasteiger partial charge in [-0.15, -0.1) is 0 Å². The second kappa shape index (κ2) is 9.50. The van der Waals surface area contributed by atoms with Gasteiger partial charge in [0.25, 0.3) is 0 Å². The Morgan fingerprint density at radius 2 is 2.03 bits per heavy atom. The molecule has 0 bridgehead atoms. The summed E-state index contributed by atoms with van der Waals surface area (Å²) in [6, 6.07) is 13.7. The number of hydrogen-bond acceptors (Lipinski definition) is 7. The van der Waals surface area contributed by atoms with Crippen molar-refractivity contribution in [3.05, 3.63) is 87.3 Å². The van der Waals surface area contributed by atoms with Gasteiger partial charge in [-0.2, -0.15) is 5.10 Å². The quantitative estimate of drug-likeness (QED) is 0.414. The van der Waals surface area contributed by atoms with Crippen LogP contribution in [0.4, 0.5) is 11.6 Å². The van der Waals surface area contributed by atoms with Crippen molar-refractivity contribution in [2.45, 2.75) is 26.0 Å². The van der Waals surface area contributed by atoms with Gasteiger partial charge in [0, 0.05) is 37.1 Å². The molecular weight excluding hydrogens is 460 g/mol. The second-order valence-corrected chi connectivity index (χ2v) is 9.08. The van der Waals surface area contributed by atoms with E-state index in [0.717, 1.165) is 16.8 Å².